The Bertz CT molecular complexity index is 798. The molecule has 0 unspecified atom stereocenters. The first-order valence-electron chi connectivity index (χ1n) is 8.00. The SMILES string of the molecule is O=C(c1cnc(OCC(F)(F)F)c(Cl)c1)N1CCN(c2ncccn2)CC1. The molecule has 0 N–H and O–H groups in total. The van der Waals surface area contributed by atoms with Crippen LogP contribution in [0.15, 0.2) is 30.7 Å². The second-order valence-electron chi connectivity index (χ2n) is 5.74. The molecule has 1 aliphatic rings. The number of pyridine rings is 1. The van der Waals surface area contributed by atoms with Gasteiger partial charge in [-0.05, 0) is 12.1 Å². The highest BCUT2D eigenvalue weighted by Crippen LogP contribution is 2.25. The van der Waals surface area contributed by atoms with Gasteiger partial charge in [0.2, 0.25) is 11.8 Å². The molecule has 0 atom stereocenters. The summed E-state index contributed by atoms with van der Waals surface area (Å²) in [7, 11) is 0. The third-order valence-corrected chi connectivity index (χ3v) is 4.10. The molecule has 2 aromatic heterocycles. The highest BCUT2D eigenvalue weighted by molar-refractivity contribution is 6.32. The molecule has 11 heteroatoms. The van der Waals surface area contributed by atoms with Gasteiger partial charge < -0.3 is 14.5 Å². The lowest BCUT2D eigenvalue weighted by Gasteiger charge is -2.34. The van der Waals surface area contributed by atoms with Gasteiger partial charge in [-0.25, -0.2) is 15.0 Å². The quantitative estimate of drug-likeness (QED) is 0.783. The summed E-state index contributed by atoms with van der Waals surface area (Å²) >= 11 is 5.89. The first-order chi connectivity index (χ1) is 12.8. The van der Waals surface area contributed by atoms with E-state index in [1.165, 1.54) is 6.07 Å². The standard InChI is InChI=1S/C16H15ClF3N5O2/c17-12-8-11(9-23-13(12)27-10-16(18,19)20)14(26)24-4-6-25(7-5-24)15-21-2-1-3-22-15/h1-3,8-9H,4-7,10H2. The molecule has 0 bridgehead atoms. The Balaban J connectivity index is 1.60. The normalized spacial score (nSPS) is 15.0. The fourth-order valence-electron chi connectivity index (χ4n) is 2.55. The van der Waals surface area contributed by atoms with E-state index in [1.54, 1.807) is 23.4 Å². The minimum Gasteiger partial charge on any atom is -0.467 e. The maximum atomic E-state index is 12.6. The summed E-state index contributed by atoms with van der Waals surface area (Å²) < 4.78 is 41.2. The summed E-state index contributed by atoms with van der Waals surface area (Å²) in [6.45, 7) is 0.506. The summed E-state index contributed by atoms with van der Waals surface area (Å²) in [5.74, 6) is -0.0718. The van der Waals surface area contributed by atoms with Crippen LogP contribution in [0, 0.1) is 0 Å². The molecule has 7 nitrogen and oxygen atoms in total. The third-order valence-electron chi connectivity index (χ3n) is 3.83. The number of halogens is 4. The van der Waals surface area contributed by atoms with Crippen LogP contribution in [0.3, 0.4) is 0 Å². The van der Waals surface area contributed by atoms with Crippen LogP contribution in [-0.2, 0) is 0 Å². The van der Waals surface area contributed by atoms with Crippen molar-refractivity contribution in [1.82, 2.24) is 19.9 Å². The number of piperazine rings is 1. The first-order valence-corrected chi connectivity index (χ1v) is 8.37. The summed E-state index contributed by atoms with van der Waals surface area (Å²) in [5, 5.41) is -0.151. The van der Waals surface area contributed by atoms with E-state index in [4.69, 9.17) is 11.6 Å². The van der Waals surface area contributed by atoms with Crippen molar-refractivity contribution in [1.29, 1.82) is 0 Å². The zero-order valence-corrected chi connectivity index (χ0v) is 14.7. The Morgan fingerprint density at radius 1 is 1.15 bits per heavy atom. The molecular formula is C16H15ClF3N5O2. The number of rotatable bonds is 4. The number of carbonyl (C=O) groups excluding carboxylic acids is 1. The molecule has 1 fully saturated rings. The molecule has 144 valence electrons. The lowest BCUT2D eigenvalue weighted by atomic mass is 10.2. The zero-order chi connectivity index (χ0) is 19.4. The molecule has 1 saturated heterocycles. The monoisotopic (exact) mass is 401 g/mol. The predicted octanol–water partition coefficient (Wildman–Crippen LogP) is 2.43. The van der Waals surface area contributed by atoms with Gasteiger partial charge in [0.1, 0.15) is 5.02 Å². The van der Waals surface area contributed by atoms with Crippen molar-refractivity contribution in [2.45, 2.75) is 6.18 Å². The third kappa shape index (κ3) is 4.97. The van der Waals surface area contributed by atoms with E-state index < -0.39 is 12.8 Å². The summed E-state index contributed by atoms with van der Waals surface area (Å²) in [4.78, 5) is 28.2. The fourth-order valence-corrected chi connectivity index (χ4v) is 2.77. The molecule has 0 spiro atoms. The molecule has 0 aliphatic carbocycles. The van der Waals surface area contributed by atoms with Crippen molar-refractivity contribution >= 4 is 23.5 Å². The van der Waals surface area contributed by atoms with Gasteiger partial charge >= 0.3 is 6.18 Å². The van der Waals surface area contributed by atoms with Crippen molar-refractivity contribution in [3.63, 3.8) is 0 Å². The molecule has 0 saturated carbocycles. The number of nitrogens with zero attached hydrogens (tertiary/aromatic N) is 5. The molecule has 1 aliphatic heterocycles. The second-order valence-corrected chi connectivity index (χ2v) is 6.15. The summed E-state index contributed by atoms with van der Waals surface area (Å²) in [6.07, 6.45) is -0.0415. The number of aromatic nitrogens is 3. The Morgan fingerprint density at radius 3 is 2.41 bits per heavy atom. The molecule has 2 aromatic rings. The zero-order valence-electron chi connectivity index (χ0n) is 14.0. The van der Waals surface area contributed by atoms with E-state index in [0.29, 0.717) is 32.1 Å². The van der Waals surface area contributed by atoms with E-state index >= 15 is 0 Å². The van der Waals surface area contributed by atoms with Crippen molar-refractivity contribution in [3.8, 4) is 5.88 Å². The Kier molecular flexibility index (Phi) is 5.64. The van der Waals surface area contributed by atoms with Crippen LogP contribution in [0.2, 0.25) is 5.02 Å². The van der Waals surface area contributed by atoms with Crippen molar-refractivity contribution in [2.75, 3.05) is 37.7 Å². The largest absolute Gasteiger partial charge is 0.467 e. The van der Waals surface area contributed by atoms with E-state index in [2.05, 4.69) is 19.7 Å². The number of alkyl halides is 3. The van der Waals surface area contributed by atoms with Crippen LogP contribution < -0.4 is 9.64 Å². The van der Waals surface area contributed by atoms with Crippen LogP contribution >= 0.6 is 11.6 Å². The van der Waals surface area contributed by atoms with Crippen molar-refractivity contribution in [3.05, 3.63) is 41.3 Å². The maximum absolute atomic E-state index is 12.6. The number of hydrogen-bond acceptors (Lipinski definition) is 6. The minimum absolute atomic E-state index is 0.151. The molecule has 1 amide bonds. The van der Waals surface area contributed by atoms with Crippen LogP contribution in [-0.4, -0.2) is 64.7 Å². The fraction of sp³-hybridized carbons (Fsp3) is 0.375. The van der Waals surface area contributed by atoms with Gasteiger partial charge in [-0.1, -0.05) is 11.6 Å². The molecule has 27 heavy (non-hydrogen) atoms. The van der Waals surface area contributed by atoms with Gasteiger partial charge in [0.05, 0.1) is 5.56 Å². The summed E-state index contributed by atoms with van der Waals surface area (Å²) in [6, 6.07) is 2.98. The Morgan fingerprint density at radius 2 is 1.81 bits per heavy atom. The van der Waals surface area contributed by atoms with Gasteiger partial charge in [-0.15, -0.1) is 0 Å². The van der Waals surface area contributed by atoms with Gasteiger partial charge in [0.25, 0.3) is 5.91 Å². The van der Waals surface area contributed by atoms with E-state index in [-0.39, 0.29) is 22.4 Å². The van der Waals surface area contributed by atoms with Gasteiger partial charge in [0.15, 0.2) is 6.61 Å². The Labute approximate surface area is 157 Å². The average Bonchev–Trinajstić information content (AvgIpc) is 2.66. The van der Waals surface area contributed by atoms with Crippen molar-refractivity contribution < 1.29 is 22.7 Å². The maximum Gasteiger partial charge on any atom is 0.422 e. The highest BCUT2D eigenvalue weighted by Gasteiger charge is 2.29. The Hall–Kier alpha value is -2.62. The van der Waals surface area contributed by atoms with Crippen LogP contribution in [0.25, 0.3) is 0 Å². The number of anilines is 1. The number of carbonyl (C=O) groups is 1. The lowest BCUT2D eigenvalue weighted by molar-refractivity contribution is -0.154. The topological polar surface area (TPSA) is 71.5 Å². The smallest absolute Gasteiger partial charge is 0.422 e. The molecule has 0 radical (unpaired) electrons. The molecular weight excluding hydrogens is 387 g/mol. The van der Waals surface area contributed by atoms with Crippen LogP contribution in [0.4, 0.5) is 19.1 Å². The first kappa shape index (κ1) is 19.2. The molecule has 0 aromatic carbocycles. The highest BCUT2D eigenvalue weighted by atomic mass is 35.5. The number of amides is 1. The van der Waals surface area contributed by atoms with Gasteiger partial charge in [0, 0.05) is 44.8 Å². The van der Waals surface area contributed by atoms with E-state index in [1.807, 2.05) is 4.90 Å². The van der Waals surface area contributed by atoms with Gasteiger partial charge in [-0.3, -0.25) is 4.79 Å². The predicted molar refractivity (Wildman–Crippen MR) is 90.9 cm³/mol. The molecule has 3 rings (SSSR count). The second kappa shape index (κ2) is 7.95. The van der Waals surface area contributed by atoms with E-state index in [0.717, 1.165) is 6.20 Å². The lowest BCUT2D eigenvalue weighted by Crippen LogP contribution is -2.49. The summed E-state index contributed by atoms with van der Waals surface area (Å²) in [5.41, 5.74) is 0.184. The van der Waals surface area contributed by atoms with Crippen molar-refractivity contribution in [2.24, 2.45) is 0 Å². The van der Waals surface area contributed by atoms with Gasteiger partial charge in [-0.2, -0.15) is 13.2 Å². The minimum atomic E-state index is -4.50. The number of hydrogen-bond donors (Lipinski definition) is 0. The average molecular weight is 402 g/mol. The van der Waals surface area contributed by atoms with Crippen LogP contribution in [0.5, 0.6) is 5.88 Å². The van der Waals surface area contributed by atoms with Crippen LogP contribution in [0.1, 0.15) is 10.4 Å². The molecule has 3 heterocycles. The number of ether oxygens (including phenoxy) is 1. The van der Waals surface area contributed by atoms with E-state index in [9.17, 15) is 18.0 Å².